The molecule has 35 heavy (non-hydrogen) atoms. The maximum Gasteiger partial charge on any atom is 0.243 e. The van der Waals surface area contributed by atoms with Gasteiger partial charge >= 0.3 is 0 Å². The molecule has 0 aromatic carbocycles. The van der Waals surface area contributed by atoms with E-state index in [0.29, 0.717) is 31.3 Å². The number of ether oxygens (including phenoxy) is 3. The molecule has 3 aliphatic rings. The molecule has 3 heterocycles. The van der Waals surface area contributed by atoms with Crippen molar-refractivity contribution in [2.75, 3.05) is 6.61 Å². The van der Waals surface area contributed by atoms with Gasteiger partial charge in [-0.05, 0) is 51.5 Å². The summed E-state index contributed by atoms with van der Waals surface area (Å²) < 4.78 is 17.8. The van der Waals surface area contributed by atoms with Gasteiger partial charge in [-0.15, -0.1) is 0 Å². The number of carbonyl (C=O) groups excluding carboxylic acids is 2. The average molecular weight is 490 g/mol. The monoisotopic (exact) mass is 489 g/mol. The molecule has 0 unspecified atom stereocenters. The lowest BCUT2D eigenvalue weighted by Crippen LogP contribution is -2.50. The molecule has 7 heteroatoms. The van der Waals surface area contributed by atoms with Crippen molar-refractivity contribution >= 4 is 11.7 Å². The molecule has 3 fully saturated rings. The maximum atomic E-state index is 12.2. The van der Waals surface area contributed by atoms with Gasteiger partial charge in [-0.3, -0.25) is 9.59 Å². The number of hydrogen-bond donors (Lipinski definition) is 2. The number of carbonyl (C=O) groups is 2. The fourth-order valence-electron chi connectivity index (χ4n) is 4.96. The number of aliphatic hydroxyl groups is 1. The minimum absolute atomic E-state index is 0.000356. The van der Waals surface area contributed by atoms with Crippen molar-refractivity contribution in [2.45, 2.75) is 109 Å². The molecule has 0 aliphatic carbocycles. The fourth-order valence-corrected chi connectivity index (χ4v) is 4.96. The van der Waals surface area contributed by atoms with E-state index >= 15 is 0 Å². The zero-order valence-corrected chi connectivity index (χ0v) is 22.0. The second-order valence-electron chi connectivity index (χ2n) is 11.0. The Balaban J connectivity index is 1.52. The second kappa shape index (κ2) is 12.0. The van der Waals surface area contributed by atoms with E-state index in [1.54, 1.807) is 13.0 Å². The molecule has 0 aromatic heterocycles. The van der Waals surface area contributed by atoms with Gasteiger partial charge in [0, 0.05) is 12.8 Å². The molecular weight excluding hydrogens is 446 g/mol. The van der Waals surface area contributed by atoms with Crippen molar-refractivity contribution in [1.82, 2.24) is 5.32 Å². The Bertz CT molecular complexity index is 842. The quantitative estimate of drug-likeness (QED) is 0.291. The number of epoxide rings is 1. The lowest BCUT2D eigenvalue weighted by molar-refractivity contribution is -0.143. The second-order valence-corrected chi connectivity index (χ2v) is 11.0. The first kappa shape index (κ1) is 27.8. The third kappa shape index (κ3) is 7.84. The minimum atomic E-state index is -0.736. The number of Topliss-reactive ketones (excluding diaryl/α,β-unsaturated/α-hetero) is 1. The van der Waals surface area contributed by atoms with Crippen LogP contribution < -0.4 is 5.32 Å². The van der Waals surface area contributed by atoms with E-state index in [9.17, 15) is 14.7 Å². The van der Waals surface area contributed by atoms with Crippen LogP contribution in [0.5, 0.6) is 0 Å². The molecule has 7 nitrogen and oxygen atoms in total. The summed E-state index contributed by atoms with van der Waals surface area (Å²) >= 11 is 0. The van der Waals surface area contributed by atoms with Crippen LogP contribution in [0.3, 0.4) is 0 Å². The molecule has 3 aliphatic heterocycles. The van der Waals surface area contributed by atoms with E-state index in [4.69, 9.17) is 14.2 Å². The zero-order valence-electron chi connectivity index (χ0n) is 22.0. The molecule has 3 rings (SSSR count). The predicted octanol–water partition coefficient (Wildman–Crippen LogP) is 3.66. The van der Waals surface area contributed by atoms with Gasteiger partial charge in [0.2, 0.25) is 5.91 Å². The molecule has 1 amide bonds. The molecule has 0 aromatic rings. The van der Waals surface area contributed by atoms with E-state index in [2.05, 4.69) is 18.3 Å². The standard InChI is InChI=1S/C28H43NO6/c1-17(2)7-12-26(31)29-23-13-19(4)24(34-21(23)6)10-8-18(3)9-11-25-27(32)28(16-33-28)15-22(35-25)14-20(5)30/h7-9,11-12,17,19,21-25,27,32H,10,13-16H2,1-6H3,(H,29,31)/b11-9+,12-7-,18-8-/t19-,21-,22-,23-,24+,25-,27-,28-/m1/s1. The number of hydrogen-bond acceptors (Lipinski definition) is 6. The van der Waals surface area contributed by atoms with Crippen LogP contribution >= 0.6 is 0 Å². The number of allylic oxidation sites excluding steroid dienone is 3. The van der Waals surface area contributed by atoms with Gasteiger partial charge in [0.25, 0.3) is 0 Å². The molecule has 196 valence electrons. The summed E-state index contributed by atoms with van der Waals surface area (Å²) in [7, 11) is 0. The van der Waals surface area contributed by atoms with Gasteiger partial charge in [-0.2, -0.15) is 0 Å². The van der Waals surface area contributed by atoms with Gasteiger partial charge in [-0.1, -0.05) is 50.6 Å². The van der Waals surface area contributed by atoms with Crippen LogP contribution in [0, 0.1) is 11.8 Å². The van der Waals surface area contributed by atoms with E-state index in [1.807, 2.05) is 45.9 Å². The van der Waals surface area contributed by atoms with Crippen LogP contribution in [0.15, 0.2) is 36.0 Å². The first-order chi connectivity index (χ1) is 16.5. The van der Waals surface area contributed by atoms with Gasteiger partial charge in [0.15, 0.2) is 0 Å². The first-order valence-corrected chi connectivity index (χ1v) is 12.9. The van der Waals surface area contributed by atoms with Crippen molar-refractivity contribution < 1.29 is 28.9 Å². The lowest BCUT2D eigenvalue weighted by atomic mass is 9.87. The zero-order chi connectivity index (χ0) is 25.8. The third-order valence-corrected chi connectivity index (χ3v) is 7.20. The molecule has 2 N–H and O–H groups in total. The normalized spacial score (nSPS) is 37.9. The van der Waals surface area contributed by atoms with E-state index in [0.717, 1.165) is 18.4 Å². The topological polar surface area (TPSA) is 97.4 Å². The van der Waals surface area contributed by atoms with Crippen molar-refractivity contribution in [1.29, 1.82) is 0 Å². The number of rotatable bonds is 9. The lowest BCUT2D eigenvalue weighted by Gasteiger charge is -2.39. The molecule has 0 bridgehead atoms. The Hall–Kier alpha value is -1.80. The molecule has 8 atom stereocenters. The Labute approximate surface area is 210 Å². The van der Waals surface area contributed by atoms with E-state index in [-0.39, 0.29) is 36.0 Å². The third-order valence-electron chi connectivity index (χ3n) is 7.20. The minimum Gasteiger partial charge on any atom is -0.387 e. The Morgan fingerprint density at radius 1 is 1.17 bits per heavy atom. The highest BCUT2D eigenvalue weighted by Crippen LogP contribution is 2.43. The predicted molar refractivity (Wildman–Crippen MR) is 135 cm³/mol. The van der Waals surface area contributed by atoms with Crippen molar-refractivity contribution in [3.05, 3.63) is 36.0 Å². The summed E-state index contributed by atoms with van der Waals surface area (Å²) in [4.78, 5) is 23.7. The number of aliphatic hydroxyl groups excluding tert-OH is 1. The summed E-state index contributed by atoms with van der Waals surface area (Å²) in [6.45, 7) is 12.3. The summed E-state index contributed by atoms with van der Waals surface area (Å²) in [6.07, 6.45) is 10.6. The van der Waals surface area contributed by atoms with Crippen LogP contribution in [0.1, 0.15) is 67.2 Å². The van der Waals surface area contributed by atoms with Crippen LogP contribution in [-0.2, 0) is 23.8 Å². The van der Waals surface area contributed by atoms with Gasteiger partial charge in [-0.25, -0.2) is 0 Å². The van der Waals surface area contributed by atoms with Crippen molar-refractivity contribution in [3.8, 4) is 0 Å². The van der Waals surface area contributed by atoms with Crippen LogP contribution in [0.2, 0.25) is 0 Å². The fraction of sp³-hybridized carbons (Fsp3) is 0.714. The number of nitrogens with one attached hydrogen (secondary N) is 1. The summed E-state index contributed by atoms with van der Waals surface area (Å²) in [5.41, 5.74) is 0.487. The Morgan fingerprint density at radius 2 is 1.89 bits per heavy atom. The average Bonchev–Trinajstić information content (AvgIpc) is 3.54. The Morgan fingerprint density at radius 3 is 2.51 bits per heavy atom. The SMILES string of the molecule is CC(=O)C[C@@H]1C[C@@]2(CO2)[C@H](O)[C@@H](/C=C/C(C)=C\C[C@@H]2O[C@H](C)[C@H](NC(=O)/C=C\C(C)C)C[C@H]2C)O1. The molecule has 0 saturated carbocycles. The summed E-state index contributed by atoms with van der Waals surface area (Å²) in [6, 6.07) is 0.000356. The first-order valence-electron chi connectivity index (χ1n) is 12.9. The number of ketones is 1. The highest BCUT2D eigenvalue weighted by Gasteiger charge is 2.58. The van der Waals surface area contributed by atoms with Crippen molar-refractivity contribution in [3.63, 3.8) is 0 Å². The van der Waals surface area contributed by atoms with Gasteiger partial charge in [0.1, 0.15) is 23.6 Å². The summed E-state index contributed by atoms with van der Waals surface area (Å²) in [5.74, 6) is 0.653. The summed E-state index contributed by atoms with van der Waals surface area (Å²) in [5, 5.41) is 13.8. The van der Waals surface area contributed by atoms with Crippen LogP contribution in [-0.4, -0.2) is 65.6 Å². The molecular formula is C28H43NO6. The highest BCUT2D eigenvalue weighted by atomic mass is 16.6. The van der Waals surface area contributed by atoms with E-state index < -0.39 is 17.8 Å². The smallest absolute Gasteiger partial charge is 0.243 e. The largest absolute Gasteiger partial charge is 0.387 e. The van der Waals surface area contributed by atoms with Crippen molar-refractivity contribution in [2.24, 2.45) is 11.8 Å². The van der Waals surface area contributed by atoms with Gasteiger partial charge < -0.3 is 24.6 Å². The molecule has 0 radical (unpaired) electrons. The van der Waals surface area contributed by atoms with Crippen LogP contribution in [0.25, 0.3) is 0 Å². The molecule has 3 saturated heterocycles. The molecule has 1 spiro atoms. The number of amides is 1. The maximum absolute atomic E-state index is 12.2. The van der Waals surface area contributed by atoms with E-state index in [1.165, 1.54) is 0 Å². The Kier molecular flexibility index (Phi) is 9.49. The highest BCUT2D eigenvalue weighted by molar-refractivity contribution is 5.87. The van der Waals surface area contributed by atoms with Gasteiger partial charge in [0.05, 0.1) is 31.0 Å². The van der Waals surface area contributed by atoms with Crippen LogP contribution in [0.4, 0.5) is 0 Å².